The SMILES string of the molecule is C(=C(c1ccccc1)c1ccc2cc(N(c3ccccc3)c3ccccc3)ccc2c1)c1ccc(N(c2ccccc2)c2ccccc2)cc1. The summed E-state index contributed by atoms with van der Waals surface area (Å²) >= 11 is 0. The molecule has 0 unspecified atom stereocenters. The first-order valence-electron chi connectivity index (χ1n) is 17.0. The maximum absolute atomic E-state index is 2.31. The molecule has 0 aromatic heterocycles. The van der Waals surface area contributed by atoms with E-state index in [0.29, 0.717) is 0 Å². The quantitative estimate of drug-likeness (QED) is 0.145. The second kappa shape index (κ2) is 14.2. The fourth-order valence-electron chi connectivity index (χ4n) is 6.58. The van der Waals surface area contributed by atoms with Crippen LogP contribution in [0.15, 0.2) is 212 Å². The number of para-hydroxylation sites is 4. The molecule has 0 amide bonds. The van der Waals surface area contributed by atoms with Crippen LogP contribution in [-0.4, -0.2) is 0 Å². The highest BCUT2D eigenvalue weighted by molar-refractivity contribution is 5.97. The minimum Gasteiger partial charge on any atom is -0.311 e. The lowest BCUT2D eigenvalue weighted by atomic mass is 9.93. The van der Waals surface area contributed by atoms with Gasteiger partial charge < -0.3 is 9.80 Å². The number of anilines is 6. The zero-order valence-corrected chi connectivity index (χ0v) is 27.7. The van der Waals surface area contributed by atoms with Crippen LogP contribution in [-0.2, 0) is 0 Å². The van der Waals surface area contributed by atoms with Crippen LogP contribution in [0.25, 0.3) is 22.4 Å². The first-order valence-corrected chi connectivity index (χ1v) is 17.0. The minimum atomic E-state index is 1.11. The number of rotatable bonds is 9. The van der Waals surface area contributed by atoms with Crippen molar-refractivity contribution in [3.8, 4) is 0 Å². The lowest BCUT2D eigenvalue weighted by molar-refractivity contribution is 1.28. The maximum Gasteiger partial charge on any atom is 0.0468 e. The average molecular weight is 641 g/mol. The van der Waals surface area contributed by atoms with Gasteiger partial charge >= 0.3 is 0 Å². The van der Waals surface area contributed by atoms with Crippen LogP contribution >= 0.6 is 0 Å². The summed E-state index contributed by atoms with van der Waals surface area (Å²) in [5.74, 6) is 0. The molecule has 50 heavy (non-hydrogen) atoms. The molecular weight excluding hydrogens is 605 g/mol. The second-order valence-corrected chi connectivity index (χ2v) is 12.3. The first kappa shape index (κ1) is 30.7. The Balaban J connectivity index is 1.16. The number of benzene rings is 8. The largest absolute Gasteiger partial charge is 0.311 e. The lowest BCUT2D eigenvalue weighted by Gasteiger charge is -2.25. The van der Waals surface area contributed by atoms with Crippen molar-refractivity contribution in [1.82, 2.24) is 0 Å². The van der Waals surface area contributed by atoms with E-state index in [1.165, 1.54) is 27.5 Å². The Hall–Kier alpha value is -6.64. The van der Waals surface area contributed by atoms with Crippen molar-refractivity contribution in [2.75, 3.05) is 9.80 Å². The zero-order chi connectivity index (χ0) is 33.5. The summed E-state index contributed by atoms with van der Waals surface area (Å²) in [6, 6.07) is 75.3. The summed E-state index contributed by atoms with van der Waals surface area (Å²) in [5.41, 5.74) is 11.4. The van der Waals surface area contributed by atoms with Gasteiger partial charge in [-0.2, -0.15) is 0 Å². The molecule has 238 valence electrons. The van der Waals surface area contributed by atoms with Gasteiger partial charge in [-0.25, -0.2) is 0 Å². The summed E-state index contributed by atoms with van der Waals surface area (Å²) < 4.78 is 0. The summed E-state index contributed by atoms with van der Waals surface area (Å²) in [6.07, 6.45) is 2.30. The van der Waals surface area contributed by atoms with Crippen LogP contribution in [0.2, 0.25) is 0 Å². The Morgan fingerprint density at radius 1 is 0.300 bits per heavy atom. The molecular formula is C48H36N2. The van der Waals surface area contributed by atoms with Crippen LogP contribution in [0.4, 0.5) is 34.1 Å². The standard InChI is InChI=1S/C48H36N2/c1-6-16-38(17-7-1)48(34-37-26-31-46(32-27-37)49(42-18-8-2-9-19-42)43-20-10-3-11-21-43)41-29-28-40-36-47(33-30-39(40)35-41)50(44-22-12-4-13-23-44)45-24-14-5-15-25-45/h1-36H. The normalized spacial score (nSPS) is 11.3. The van der Waals surface area contributed by atoms with Gasteiger partial charge in [0.25, 0.3) is 0 Å². The van der Waals surface area contributed by atoms with Gasteiger partial charge in [0.2, 0.25) is 0 Å². The molecule has 0 atom stereocenters. The molecule has 0 fully saturated rings. The number of fused-ring (bicyclic) bond motifs is 1. The van der Waals surface area contributed by atoms with Gasteiger partial charge in [0.15, 0.2) is 0 Å². The molecule has 0 aliphatic heterocycles. The average Bonchev–Trinajstić information content (AvgIpc) is 3.19. The Morgan fingerprint density at radius 3 is 1.18 bits per heavy atom. The molecule has 8 rings (SSSR count). The highest BCUT2D eigenvalue weighted by Gasteiger charge is 2.15. The lowest BCUT2D eigenvalue weighted by Crippen LogP contribution is -2.09. The first-order chi connectivity index (χ1) is 24.8. The third-order valence-corrected chi connectivity index (χ3v) is 9.00. The van der Waals surface area contributed by atoms with Crippen LogP contribution in [0.5, 0.6) is 0 Å². The Kier molecular flexibility index (Phi) is 8.73. The molecule has 0 saturated heterocycles. The van der Waals surface area contributed by atoms with Crippen molar-refractivity contribution >= 4 is 56.5 Å². The molecule has 0 bridgehead atoms. The molecule has 8 aromatic carbocycles. The van der Waals surface area contributed by atoms with Crippen LogP contribution in [0.3, 0.4) is 0 Å². The van der Waals surface area contributed by atoms with E-state index in [9.17, 15) is 0 Å². The van der Waals surface area contributed by atoms with Crippen LogP contribution in [0, 0.1) is 0 Å². The van der Waals surface area contributed by atoms with Gasteiger partial charge in [-0.3, -0.25) is 0 Å². The van der Waals surface area contributed by atoms with Crippen molar-refractivity contribution in [2.24, 2.45) is 0 Å². The van der Waals surface area contributed by atoms with Crippen LogP contribution < -0.4 is 9.80 Å². The third-order valence-electron chi connectivity index (χ3n) is 9.00. The summed E-state index contributed by atoms with van der Waals surface area (Å²) in [5, 5.41) is 2.40. The molecule has 0 saturated carbocycles. The van der Waals surface area contributed by atoms with Crippen molar-refractivity contribution < 1.29 is 0 Å². The predicted octanol–water partition coefficient (Wildman–Crippen LogP) is 13.4. The van der Waals surface area contributed by atoms with Crippen molar-refractivity contribution in [1.29, 1.82) is 0 Å². The molecule has 2 heteroatoms. The topological polar surface area (TPSA) is 6.48 Å². The highest BCUT2D eigenvalue weighted by atomic mass is 15.1. The van der Waals surface area contributed by atoms with Crippen molar-refractivity contribution in [3.63, 3.8) is 0 Å². The van der Waals surface area contributed by atoms with E-state index in [1.54, 1.807) is 0 Å². The summed E-state index contributed by atoms with van der Waals surface area (Å²) in [6.45, 7) is 0. The molecule has 0 N–H and O–H groups in total. The maximum atomic E-state index is 2.31. The van der Waals surface area contributed by atoms with E-state index in [0.717, 1.165) is 39.7 Å². The van der Waals surface area contributed by atoms with E-state index >= 15 is 0 Å². The minimum absolute atomic E-state index is 1.11. The summed E-state index contributed by atoms with van der Waals surface area (Å²) in [4.78, 5) is 4.60. The smallest absolute Gasteiger partial charge is 0.0468 e. The second-order valence-electron chi connectivity index (χ2n) is 12.3. The van der Waals surface area contributed by atoms with E-state index in [1.807, 2.05) is 0 Å². The van der Waals surface area contributed by atoms with Gasteiger partial charge in [-0.15, -0.1) is 0 Å². The third kappa shape index (κ3) is 6.56. The molecule has 8 aromatic rings. The number of hydrogen-bond donors (Lipinski definition) is 0. The Morgan fingerprint density at radius 2 is 0.680 bits per heavy atom. The van der Waals surface area contributed by atoms with Gasteiger partial charge in [0.05, 0.1) is 0 Å². The van der Waals surface area contributed by atoms with Crippen molar-refractivity contribution in [2.45, 2.75) is 0 Å². The van der Waals surface area contributed by atoms with Gasteiger partial charge in [0, 0.05) is 34.1 Å². The summed E-state index contributed by atoms with van der Waals surface area (Å²) in [7, 11) is 0. The van der Waals surface area contributed by atoms with Gasteiger partial charge in [-0.1, -0.05) is 133 Å². The monoisotopic (exact) mass is 640 g/mol. The molecule has 0 spiro atoms. The Labute approximate surface area is 294 Å². The van der Waals surface area contributed by atoms with E-state index < -0.39 is 0 Å². The van der Waals surface area contributed by atoms with E-state index in [4.69, 9.17) is 0 Å². The number of hydrogen-bond acceptors (Lipinski definition) is 2. The molecule has 0 heterocycles. The molecule has 0 radical (unpaired) electrons. The van der Waals surface area contributed by atoms with Gasteiger partial charge in [-0.05, 0) is 118 Å². The van der Waals surface area contributed by atoms with Crippen LogP contribution in [0.1, 0.15) is 16.7 Å². The molecule has 2 nitrogen and oxygen atoms in total. The van der Waals surface area contributed by atoms with Gasteiger partial charge in [0.1, 0.15) is 0 Å². The fourth-order valence-corrected chi connectivity index (χ4v) is 6.58. The zero-order valence-electron chi connectivity index (χ0n) is 27.7. The Bertz CT molecular complexity index is 2260. The molecule has 0 aliphatic carbocycles. The van der Waals surface area contributed by atoms with E-state index in [2.05, 4.69) is 228 Å². The fraction of sp³-hybridized carbons (Fsp3) is 0. The van der Waals surface area contributed by atoms with Crippen molar-refractivity contribution in [3.05, 3.63) is 229 Å². The highest BCUT2D eigenvalue weighted by Crippen LogP contribution is 2.38. The number of nitrogens with zero attached hydrogens (tertiary/aromatic N) is 2. The van der Waals surface area contributed by atoms with E-state index in [-0.39, 0.29) is 0 Å². The molecule has 0 aliphatic rings. The predicted molar refractivity (Wildman–Crippen MR) is 213 cm³/mol.